The standard InChI is InChI=1S/C46H44Cl2N6O5/c1-24-16-33(17-25(2)41(24)48)59-15-9-12-34-35-13-14-36(47)40(39-28(5)49-23-50-29(39)6)43(35)54-27(4)21-53(45(55)44(34)54)37-20-32(58-7)18-30-19-38(46(56)57)52(42(30)37)22-31-11-8-10-26(3)51-31/h8,10-11,13-14,16-20,23,27H,9,12,15,21-22H2,1-7H3,(H,56,57)/t27-/m1/s1. The van der Waals surface area contributed by atoms with Gasteiger partial charge in [-0.3, -0.25) is 9.78 Å². The first-order chi connectivity index (χ1) is 28.3. The molecule has 0 saturated carbocycles. The zero-order valence-corrected chi connectivity index (χ0v) is 35.5. The number of aromatic nitrogens is 5. The lowest BCUT2D eigenvalue weighted by molar-refractivity contribution is 0.0686. The van der Waals surface area contributed by atoms with E-state index in [1.165, 1.54) is 0 Å². The van der Waals surface area contributed by atoms with Gasteiger partial charge in [-0.15, -0.1) is 0 Å². The molecular weight excluding hydrogens is 787 g/mol. The molecule has 1 atom stereocenters. The van der Waals surface area contributed by atoms with Crippen LogP contribution in [0.4, 0.5) is 5.69 Å². The Morgan fingerprint density at radius 3 is 2.32 bits per heavy atom. The monoisotopic (exact) mass is 830 g/mol. The summed E-state index contributed by atoms with van der Waals surface area (Å²) in [4.78, 5) is 43.8. The van der Waals surface area contributed by atoms with Crippen LogP contribution in [0.15, 0.2) is 67.0 Å². The number of fused-ring (bicyclic) bond motifs is 4. The SMILES string of the molecule is COc1cc(N2C[C@@H](C)n3c(c(CCCOc4cc(C)c(Cl)c(C)c4)c4ccc(Cl)c(-c5c(C)ncnc5C)c43)C2=O)c2c(c1)cc(C(=O)O)n2Cc1cccc(C)n1. The number of carboxylic acid groups (broad SMARTS) is 1. The number of amides is 1. The zero-order valence-electron chi connectivity index (χ0n) is 34.0. The van der Waals surface area contributed by atoms with Crippen LogP contribution in [0.5, 0.6) is 11.5 Å². The number of halogens is 2. The van der Waals surface area contributed by atoms with E-state index in [0.717, 1.165) is 66.6 Å². The molecule has 0 spiro atoms. The first-order valence-corrected chi connectivity index (χ1v) is 20.2. The highest BCUT2D eigenvalue weighted by Gasteiger charge is 2.38. The van der Waals surface area contributed by atoms with Gasteiger partial charge in [0.2, 0.25) is 0 Å². The number of rotatable bonds is 11. The van der Waals surface area contributed by atoms with Crippen molar-refractivity contribution in [2.75, 3.05) is 25.2 Å². The molecule has 3 aromatic carbocycles. The van der Waals surface area contributed by atoms with Gasteiger partial charge in [0.15, 0.2) is 0 Å². The minimum Gasteiger partial charge on any atom is -0.497 e. The lowest BCUT2D eigenvalue weighted by Gasteiger charge is -2.35. The maximum Gasteiger partial charge on any atom is 0.352 e. The summed E-state index contributed by atoms with van der Waals surface area (Å²) in [6.45, 7) is 12.6. The number of ether oxygens (including phenoxy) is 2. The Labute approximate surface area is 352 Å². The highest BCUT2D eigenvalue weighted by Crippen LogP contribution is 2.46. The highest BCUT2D eigenvalue weighted by molar-refractivity contribution is 6.35. The summed E-state index contributed by atoms with van der Waals surface area (Å²) in [6.07, 6.45) is 2.67. The van der Waals surface area contributed by atoms with E-state index in [1.54, 1.807) is 35.0 Å². The number of carboxylic acids is 1. The van der Waals surface area contributed by atoms with Crippen LogP contribution in [0, 0.1) is 34.6 Å². The number of aryl methyl sites for hydroxylation is 6. The number of benzene rings is 3. The van der Waals surface area contributed by atoms with Gasteiger partial charge in [-0.25, -0.2) is 14.8 Å². The summed E-state index contributed by atoms with van der Waals surface area (Å²) in [5.41, 5.74) is 9.99. The Morgan fingerprint density at radius 2 is 1.64 bits per heavy atom. The molecule has 0 bridgehead atoms. The van der Waals surface area contributed by atoms with Gasteiger partial charge in [-0.2, -0.15) is 0 Å². The lowest BCUT2D eigenvalue weighted by Crippen LogP contribution is -2.43. The topological polar surface area (TPSA) is 125 Å². The van der Waals surface area contributed by atoms with Crippen molar-refractivity contribution >= 4 is 62.6 Å². The molecule has 1 amide bonds. The second-order valence-corrected chi connectivity index (χ2v) is 16.1. The molecule has 0 fully saturated rings. The van der Waals surface area contributed by atoms with Gasteiger partial charge in [0.1, 0.15) is 29.2 Å². The predicted molar refractivity (Wildman–Crippen MR) is 232 cm³/mol. The van der Waals surface area contributed by atoms with Gasteiger partial charge in [-0.05, 0) is 114 Å². The van der Waals surface area contributed by atoms with Gasteiger partial charge in [0.25, 0.3) is 5.91 Å². The van der Waals surface area contributed by atoms with Gasteiger partial charge in [0, 0.05) is 62.7 Å². The minimum absolute atomic E-state index is 0.0753. The molecule has 0 radical (unpaired) electrons. The predicted octanol–water partition coefficient (Wildman–Crippen LogP) is 10.3. The molecule has 11 nitrogen and oxygen atoms in total. The molecule has 1 aliphatic rings. The third kappa shape index (κ3) is 7.06. The largest absolute Gasteiger partial charge is 0.497 e. The van der Waals surface area contributed by atoms with E-state index in [2.05, 4.69) is 26.4 Å². The van der Waals surface area contributed by atoms with Crippen LogP contribution >= 0.6 is 23.2 Å². The number of carbonyl (C=O) groups is 2. The Bertz CT molecular complexity index is 2800. The molecule has 302 valence electrons. The van der Waals surface area contributed by atoms with Crippen molar-refractivity contribution in [3.05, 3.63) is 128 Å². The molecule has 5 heterocycles. The quantitative estimate of drug-likeness (QED) is 0.128. The number of nitrogens with zero attached hydrogens (tertiary/aromatic N) is 6. The second-order valence-electron chi connectivity index (χ2n) is 15.3. The smallest absolute Gasteiger partial charge is 0.352 e. The van der Waals surface area contributed by atoms with Crippen LogP contribution in [0.3, 0.4) is 0 Å². The third-order valence-electron chi connectivity index (χ3n) is 11.2. The molecule has 1 N–H and O–H groups in total. The first-order valence-electron chi connectivity index (χ1n) is 19.5. The van der Waals surface area contributed by atoms with Crippen molar-refractivity contribution in [3.63, 3.8) is 0 Å². The Hall–Kier alpha value is -5.91. The van der Waals surface area contributed by atoms with Crippen molar-refractivity contribution in [1.82, 2.24) is 24.1 Å². The minimum atomic E-state index is -1.09. The van der Waals surface area contributed by atoms with Crippen molar-refractivity contribution in [2.24, 2.45) is 0 Å². The van der Waals surface area contributed by atoms with Crippen LogP contribution in [-0.2, 0) is 13.0 Å². The van der Waals surface area contributed by atoms with Crippen molar-refractivity contribution in [2.45, 2.75) is 67.0 Å². The molecule has 4 aromatic heterocycles. The molecule has 59 heavy (non-hydrogen) atoms. The average molecular weight is 832 g/mol. The molecule has 7 aromatic rings. The van der Waals surface area contributed by atoms with Gasteiger partial charge in [0.05, 0.1) is 47.7 Å². The summed E-state index contributed by atoms with van der Waals surface area (Å²) < 4.78 is 15.9. The average Bonchev–Trinajstić information content (AvgIpc) is 3.73. The summed E-state index contributed by atoms with van der Waals surface area (Å²) in [6, 6.07) is 18.4. The third-order valence-corrected chi connectivity index (χ3v) is 12.1. The first kappa shape index (κ1) is 39.9. The second kappa shape index (κ2) is 15.7. The molecule has 1 aliphatic heterocycles. The van der Waals surface area contributed by atoms with Gasteiger partial charge < -0.3 is 28.6 Å². The fourth-order valence-electron chi connectivity index (χ4n) is 8.64. The summed E-state index contributed by atoms with van der Waals surface area (Å²) in [5, 5.41) is 13.3. The number of aromatic carboxylic acids is 1. The number of carbonyl (C=O) groups excluding carboxylic acids is 1. The maximum atomic E-state index is 15.5. The number of anilines is 1. The lowest BCUT2D eigenvalue weighted by atomic mass is 9.97. The molecule has 0 saturated heterocycles. The van der Waals surface area contributed by atoms with E-state index in [-0.39, 0.29) is 30.7 Å². The van der Waals surface area contributed by atoms with Gasteiger partial charge >= 0.3 is 5.97 Å². The molecule has 0 unspecified atom stereocenters. The van der Waals surface area contributed by atoms with Crippen LogP contribution in [0.2, 0.25) is 10.0 Å². The van der Waals surface area contributed by atoms with E-state index in [9.17, 15) is 9.90 Å². The maximum absolute atomic E-state index is 15.5. The molecule has 0 aliphatic carbocycles. The molecule has 13 heteroatoms. The van der Waals surface area contributed by atoms with Crippen molar-refractivity contribution < 1.29 is 24.2 Å². The highest BCUT2D eigenvalue weighted by atomic mass is 35.5. The van der Waals surface area contributed by atoms with E-state index >= 15 is 4.79 Å². The van der Waals surface area contributed by atoms with E-state index in [1.807, 2.05) is 83.1 Å². The number of methoxy groups -OCH3 is 1. The van der Waals surface area contributed by atoms with E-state index in [4.69, 9.17) is 32.7 Å². The Morgan fingerprint density at radius 1 is 0.915 bits per heavy atom. The van der Waals surface area contributed by atoms with Crippen molar-refractivity contribution in [3.8, 4) is 22.6 Å². The summed E-state index contributed by atoms with van der Waals surface area (Å²) >= 11 is 13.6. The fourth-order valence-corrected chi connectivity index (χ4v) is 8.99. The van der Waals surface area contributed by atoms with Crippen LogP contribution in [0.1, 0.15) is 79.8 Å². The van der Waals surface area contributed by atoms with Crippen LogP contribution < -0.4 is 14.4 Å². The molecule has 8 rings (SSSR count). The Kier molecular flexibility index (Phi) is 10.6. The van der Waals surface area contributed by atoms with Crippen molar-refractivity contribution in [1.29, 1.82) is 0 Å². The Balaban J connectivity index is 1.31. The normalized spacial score (nSPS) is 14.0. The zero-order chi connectivity index (χ0) is 41.9. The van der Waals surface area contributed by atoms with E-state index < -0.39 is 5.97 Å². The summed E-state index contributed by atoms with van der Waals surface area (Å²) in [5.74, 6) is -0.0897. The number of hydrogen-bond donors (Lipinski definition) is 1. The van der Waals surface area contributed by atoms with Gasteiger partial charge in [-0.1, -0.05) is 35.3 Å². The fraction of sp³-hybridized carbons (Fsp3) is 0.283. The van der Waals surface area contributed by atoms with E-state index in [0.29, 0.717) is 58.2 Å². The number of pyridine rings is 1. The van der Waals surface area contributed by atoms with Crippen LogP contribution in [-0.4, -0.2) is 61.3 Å². The number of hydrogen-bond acceptors (Lipinski definition) is 7. The van der Waals surface area contributed by atoms with Crippen LogP contribution in [0.25, 0.3) is 32.9 Å². The summed E-state index contributed by atoms with van der Waals surface area (Å²) in [7, 11) is 1.56. The molecular formula is C46H44Cl2N6O5.